The molecule has 0 radical (unpaired) electrons. The van der Waals surface area contributed by atoms with Crippen LogP contribution < -0.4 is 9.80 Å². The maximum atomic E-state index is 12.4. The lowest BCUT2D eigenvalue weighted by atomic mass is 10.2. The van der Waals surface area contributed by atoms with E-state index < -0.39 is 4.92 Å². The minimum atomic E-state index is -0.430. The van der Waals surface area contributed by atoms with Crippen molar-refractivity contribution in [2.75, 3.05) is 62.3 Å². The van der Waals surface area contributed by atoms with Gasteiger partial charge in [-0.25, -0.2) is 9.97 Å². The third-order valence-electron chi connectivity index (χ3n) is 4.88. The van der Waals surface area contributed by atoms with Crippen molar-refractivity contribution in [2.24, 2.45) is 0 Å². The van der Waals surface area contributed by atoms with E-state index in [0.717, 1.165) is 0 Å². The Morgan fingerprint density at radius 3 is 2.25 bits per heavy atom. The zero-order valence-corrected chi connectivity index (χ0v) is 15.2. The molecule has 2 aromatic rings. The monoisotopic (exact) mass is 388 g/mol. The number of carbonyl (C=O) groups is 1. The Hall–Kier alpha value is -3.21. The summed E-state index contributed by atoms with van der Waals surface area (Å²) in [5, 5.41) is 11.8. The van der Waals surface area contributed by atoms with Crippen LogP contribution in [0.4, 0.5) is 17.3 Å². The molecule has 0 spiro atoms. The van der Waals surface area contributed by atoms with Gasteiger partial charge in [0.15, 0.2) is 5.76 Å². The van der Waals surface area contributed by atoms with Crippen LogP contribution in [-0.2, 0) is 4.74 Å². The number of nitrogens with zero attached hydrogens (tertiary/aromatic N) is 6. The zero-order valence-electron chi connectivity index (χ0n) is 15.2. The summed E-state index contributed by atoms with van der Waals surface area (Å²) in [6.07, 6.45) is 2.81. The molecule has 2 aliphatic rings. The van der Waals surface area contributed by atoms with Gasteiger partial charge in [-0.3, -0.25) is 14.9 Å². The number of anilines is 2. The molecule has 2 aromatic heterocycles. The highest BCUT2D eigenvalue weighted by Crippen LogP contribution is 2.34. The first-order chi connectivity index (χ1) is 13.6. The number of furan rings is 1. The normalized spacial score (nSPS) is 17.6. The number of aromatic nitrogens is 2. The summed E-state index contributed by atoms with van der Waals surface area (Å²) in [7, 11) is 0. The Morgan fingerprint density at radius 2 is 1.68 bits per heavy atom. The number of rotatable bonds is 4. The molecule has 4 heterocycles. The first-order valence-corrected chi connectivity index (χ1v) is 9.05. The minimum absolute atomic E-state index is 0.102. The van der Waals surface area contributed by atoms with Crippen molar-refractivity contribution in [3.8, 4) is 0 Å². The van der Waals surface area contributed by atoms with Crippen LogP contribution in [0.25, 0.3) is 0 Å². The van der Waals surface area contributed by atoms with E-state index in [0.29, 0.717) is 58.3 Å². The Labute approximate surface area is 160 Å². The summed E-state index contributed by atoms with van der Waals surface area (Å²) in [5.74, 6) is 0.700. The van der Waals surface area contributed by atoms with E-state index in [1.807, 2.05) is 9.80 Å². The Morgan fingerprint density at radius 1 is 1.04 bits per heavy atom. The van der Waals surface area contributed by atoms with Gasteiger partial charge in [-0.15, -0.1) is 0 Å². The van der Waals surface area contributed by atoms with Crippen LogP contribution in [0.2, 0.25) is 0 Å². The maximum Gasteiger partial charge on any atom is 0.353 e. The fraction of sp³-hybridized carbons (Fsp3) is 0.471. The highest BCUT2D eigenvalue weighted by Gasteiger charge is 2.33. The number of hydrogen-bond acceptors (Lipinski definition) is 9. The zero-order chi connectivity index (χ0) is 19.5. The van der Waals surface area contributed by atoms with Crippen LogP contribution in [0.1, 0.15) is 10.6 Å². The number of piperazine rings is 1. The van der Waals surface area contributed by atoms with Crippen LogP contribution in [-0.4, -0.2) is 78.2 Å². The first kappa shape index (κ1) is 18.2. The van der Waals surface area contributed by atoms with Crippen molar-refractivity contribution >= 4 is 23.2 Å². The fourth-order valence-electron chi connectivity index (χ4n) is 3.44. The average Bonchev–Trinajstić information content (AvgIpc) is 3.28. The molecule has 0 saturated carbocycles. The molecular weight excluding hydrogens is 368 g/mol. The van der Waals surface area contributed by atoms with Gasteiger partial charge >= 0.3 is 5.69 Å². The molecule has 1 amide bonds. The van der Waals surface area contributed by atoms with Gasteiger partial charge < -0.3 is 23.9 Å². The summed E-state index contributed by atoms with van der Waals surface area (Å²) >= 11 is 0. The molecule has 0 atom stereocenters. The van der Waals surface area contributed by atoms with Crippen LogP contribution in [0.3, 0.4) is 0 Å². The highest BCUT2D eigenvalue weighted by molar-refractivity contribution is 5.91. The van der Waals surface area contributed by atoms with Gasteiger partial charge in [0, 0.05) is 39.3 Å². The van der Waals surface area contributed by atoms with Crippen molar-refractivity contribution in [3.05, 3.63) is 40.6 Å². The maximum absolute atomic E-state index is 12.4. The van der Waals surface area contributed by atoms with Crippen molar-refractivity contribution in [3.63, 3.8) is 0 Å². The number of amides is 1. The summed E-state index contributed by atoms with van der Waals surface area (Å²) in [5.41, 5.74) is -0.102. The Bertz CT molecular complexity index is 844. The number of morpholine rings is 1. The van der Waals surface area contributed by atoms with Crippen LogP contribution >= 0.6 is 0 Å². The smallest absolute Gasteiger partial charge is 0.353 e. The number of nitro groups is 1. The van der Waals surface area contributed by atoms with E-state index in [9.17, 15) is 14.9 Å². The van der Waals surface area contributed by atoms with E-state index in [-0.39, 0.29) is 23.2 Å². The van der Waals surface area contributed by atoms with E-state index >= 15 is 0 Å². The van der Waals surface area contributed by atoms with E-state index in [1.54, 1.807) is 17.0 Å². The fourth-order valence-corrected chi connectivity index (χ4v) is 3.44. The second-order valence-corrected chi connectivity index (χ2v) is 6.48. The van der Waals surface area contributed by atoms with Gasteiger partial charge in [-0.1, -0.05) is 0 Å². The van der Waals surface area contributed by atoms with Crippen LogP contribution in [0.5, 0.6) is 0 Å². The molecule has 0 unspecified atom stereocenters. The van der Waals surface area contributed by atoms with Gasteiger partial charge in [0.1, 0.15) is 6.33 Å². The van der Waals surface area contributed by atoms with Crippen LogP contribution in [0.15, 0.2) is 29.1 Å². The molecule has 2 fully saturated rings. The second-order valence-electron chi connectivity index (χ2n) is 6.48. The molecule has 0 aliphatic carbocycles. The quantitative estimate of drug-likeness (QED) is 0.553. The highest BCUT2D eigenvalue weighted by atomic mass is 16.6. The van der Waals surface area contributed by atoms with Crippen molar-refractivity contribution in [1.29, 1.82) is 0 Å². The van der Waals surface area contributed by atoms with E-state index in [4.69, 9.17) is 9.15 Å². The number of hydrogen-bond donors (Lipinski definition) is 0. The van der Waals surface area contributed by atoms with E-state index in [2.05, 4.69) is 9.97 Å². The topological polar surface area (TPSA) is 118 Å². The first-order valence-electron chi connectivity index (χ1n) is 9.05. The van der Waals surface area contributed by atoms with Gasteiger partial charge in [0.05, 0.1) is 24.4 Å². The lowest BCUT2D eigenvalue weighted by Gasteiger charge is -2.35. The largest absolute Gasteiger partial charge is 0.459 e. The van der Waals surface area contributed by atoms with Crippen molar-refractivity contribution in [1.82, 2.24) is 14.9 Å². The summed E-state index contributed by atoms with van der Waals surface area (Å²) in [4.78, 5) is 37.5. The molecule has 0 N–H and O–H groups in total. The third kappa shape index (κ3) is 3.48. The summed E-state index contributed by atoms with van der Waals surface area (Å²) < 4.78 is 10.5. The predicted octanol–water partition coefficient (Wildman–Crippen LogP) is 0.777. The molecule has 11 nitrogen and oxygen atoms in total. The summed E-state index contributed by atoms with van der Waals surface area (Å²) in [6, 6.07) is 3.29. The molecule has 4 rings (SSSR count). The molecule has 148 valence electrons. The van der Waals surface area contributed by atoms with E-state index in [1.165, 1.54) is 12.6 Å². The van der Waals surface area contributed by atoms with Gasteiger partial charge in [0.25, 0.3) is 5.91 Å². The standard InChI is InChI=1S/C17H20N6O5/c24-17(13-2-1-9-28-13)22-5-3-20(4-6-22)15-14(23(25)26)16(19-12-18-15)21-7-10-27-11-8-21/h1-2,9,12H,3-8,10-11H2. The molecule has 28 heavy (non-hydrogen) atoms. The molecule has 0 bridgehead atoms. The number of ether oxygens (including phenoxy) is 1. The Balaban J connectivity index is 1.53. The lowest BCUT2D eigenvalue weighted by Crippen LogP contribution is -2.49. The summed E-state index contributed by atoms with van der Waals surface area (Å²) in [6.45, 7) is 3.82. The molecule has 0 aromatic carbocycles. The number of carbonyl (C=O) groups excluding carboxylic acids is 1. The van der Waals surface area contributed by atoms with Gasteiger partial charge in [-0.05, 0) is 12.1 Å². The molecule has 2 saturated heterocycles. The Kier molecular flexibility index (Phi) is 5.06. The van der Waals surface area contributed by atoms with Crippen molar-refractivity contribution in [2.45, 2.75) is 0 Å². The second kappa shape index (κ2) is 7.80. The molecular formula is C17H20N6O5. The lowest BCUT2D eigenvalue weighted by molar-refractivity contribution is -0.383. The predicted molar refractivity (Wildman–Crippen MR) is 98.5 cm³/mol. The van der Waals surface area contributed by atoms with Crippen LogP contribution in [0, 0.1) is 10.1 Å². The average molecular weight is 388 g/mol. The SMILES string of the molecule is O=C(c1ccco1)N1CCN(c2ncnc(N3CCOCC3)c2[N+](=O)[O-])CC1. The molecule has 2 aliphatic heterocycles. The third-order valence-corrected chi connectivity index (χ3v) is 4.88. The minimum Gasteiger partial charge on any atom is -0.459 e. The van der Waals surface area contributed by atoms with Gasteiger partial charge in [0.2, 0.25) is 11.6 Å². The van der Waals surface area contributed by atoms with Gasteiger partial charge in [-0.2, -0.15) is 0 Å². The molecule has 11 heteroatoms. The van der Waals surface area contributed by atoms with Crippen molar-refractivity contribution < 1.29 is 18.9 Å².